The van der Waals surface area contributed by atoms with Crippen molar-refractivity contribution in [3.05, 3.63) is 59.6 Å². The average Bonchev–Trinajstić information content (AvgIpc) is 3.61. The summed E-state index contributed by atoms with van der Waals surface area (Å²) in [5.74, 6) is 0.867. The number of aromatic nitrogens is 2. The number of amides is 1. The fourth-order valence-electron chi connectivity index (χ4n) is 6.63. The molecule has 4 heterocycles. The van der Waals surface area contributed by atoms with Crippen molar-refractivity contribution >= 4 is 35.2 Å². The molecule has 1 aromatic carbocycles. The number of carbonyl (C=O) groups is 1. The largest absolute Gasteiger partial charge is 0.505 e. The Kier molecular flexibility index (Phi) is 8.85. The molecule has 10 heteroatoms. The lowest BCUT2D eigenvalue weighted by Gasteiger charge is -2.38. The van der Waals surface area contributed by atoms with Crippen molar-refractivity contribution in [2.24, 2.45) is 0 Å². The Labute approximate surface area is 259 Å². The van der Waals surface area contributed by atoms with Gasteiger partial charge in [-0.15, -0.1) is 0 Å². The van der Waals surface area contributed by atoms with Gasteiger partial charge in [-0.25, -0.2) is 9.97 Å². The summed E-state index contributed by atoms with van der Waals surface area (Å²) in [5, 5.41) is 15.2. The molecular formula is C33H42ClN7O2. The van der Waals surface area contributed by atoms with Crippen LogP contribution in [0.2, 0.25) is 5.02 Å². The minimum Gasteiger partial charge on any atom is -0.505 e. The maximum Gasteiger partial charge on any atom is 0.218 e. The monoisotopic (exact) mass is 603 g/mol. The van der Waals surface area contributed by atoms with Gasteiger partial charge in [0, 0.05) is 81.2 Å². The third-order valence-electron chi connectivity index (χ3n) is 8.62. The standard InChI is InChI=1S/C33H42ClN7O2/c1-22(2)41-12-7-10-33(41)11-13-39(20-33)29-18-25(19-36-32(29)35-4)30-31(43)26(16-23(3)37-30)24-8-9-28(27(34)17-24)40(21-42)15-14-38(5)6/h8-9,14-19,21-22,43H,7,10-13,20H2,1-6H3,(H,35,36)/b15-14-. The molecule has 1 amide bonds. The van der Waals surface area contributed by atoms with E-state index in [9.17, 15) is 9.90 Å². The lowest BCUT2D eigenvalue weighted by atomic mass is 9.94. The summed E-state index contributed by atoms with van der Waals surface area (Å²) in [7, 11) is 5.64. The SMILES string of the molecule is CNc1ncc(-c2nc(C)cc(-c3ccc(N(C=O)/C=C\N(C)C)c(Cl)c3)c2O)cc1N1CCC2(CCCN2C(C)C)C1. The summed E-state index contributed by atoms with van der Waals surface area (Å²) >= 11 is 6.65. The molecule has 2 saturated heterocycles. The first-order valence-electron chi connectivity index (χ1n) is 14.9. The van der Waals surface area contributed by atoms with E-state index in [2.05, 4.69) is 35.0 Å². The van der Waals surface area contributed by atoms with Gasteiger partial charge in [0.25, 0.3) is 0 Å². The van der Waals surface area contributed by atoms with Gasteiger partial charge in [-0.3, -0.25) is 14.6 Å². The summed E-state index contributed by atoms with van der Waals surface area (Å²) in [5.41, 5.74) is 5.05. The summed E-state index contributed by atoms with van der Waals surface area (Å²) in [6.07, 6.45) is 9.46. The minimum absolute atomic E-state index is 0.0544. The van der Waals surface area contributed by atoms with Gasteiger partial charge in [-0.05, 0) is 76.4 Å². The van der Waals surface area contributed by atoms with Crippen LogP contribution in [-0.2, 0) is 4.79 Å². The second-order valence-electron chi connectivity index (χ2n) is 12.1. The minimum atomic E-state index is 0.0544. The highest BCUT2D eigenvalue weighted by molar-refractivity contribution is 6.34. The van der Waals surface area contributed by atoms with Crippen molar-refractivity contribution in [1.29, 1.82) is 0 Å². The predicted molar refractivity (Wildman–Crippen MR) is 176 cm³/mol. The Bertz CT molecular complexity index is 1530. The second-order valence-corrected chi connectivity index (χ2v) is 12.5. The molecular weight excluding hydrogens is 562 g/mol. The lowest BCUT2D eigenvalue weighted by molar-refractivity contribution is -0.106. The summed E-state index contributed by atoms with van der Waals surface area (Å²) in [6, 6.07) is 9.82. The number of halogens is 1. The number of hydrogen-bond acceptors (Lipinski definition) is 8. The smallest absolute Gasteiger partial charge is 0.218 e. The molecule has 1 spiro atoms. The molecule has 2 aromatic heterocycles. The fraction of sp³-hybridized carbons (Fsp3) is 0.424. The first kappa shape index (κ1) is 30.6. The second kappa shape index (κ2) is 12.4. The van der Waals surface area contributed by atoms with Crippen LogP contribution in [0.3, 0.4) is 0 Å². The van der Waals surface area contributed by atoms with E-state index in [1.165, 1.54) is 17.7 Å². The Morgan fingerprint density at radius 3 is 2.58 bits per heavy atom. The van der Waals surface area contributed by atoms with Crippen LogP contribution in [0, 0.1) is 6.92 Å². The van der Waals surface area contributed by atoms with E-state index in [1.54, 1.807) is 30.7 Å². The third-order valence-corrected chi connectivity index (χ3v) is 8.92. The van der Waals surface area contributed by atoms with Crippen LogP contribution in [0.5, 0.6) is 5.75 Å². The zero-order valence-electron chi connectivity index (χ0n) is 25.9. The first-order chi connectivity index (χ1) is 20.6. The number of aromatic hydroxyl groups is 1. The third kappa shape index (κ3) is 6.01. The van der Waals surface area contributed by atoms with Gasteiger partial charge in [0.2, 0.25) is 6.41 Å². The number of likely N-dealkylation sites (tertiary alicyclic amines) is 1. The van der Waals surface area contributed by atoms with Gasteiger partial charge in [0.05, 0.1) is 16.4 Å². The van der Waals surface area contributed by atoms with Crippen molar-refractivity contribution in [2.45, 2.75) is 51.6 Å². The highest BCUT2D eigenvalue weighted by Crippen LogP contribution is 2.44. The van der Waals surface area contributed by atoms with Crippen LogP contribution in [0.25, 0.3) is 22.4 Å². The van der Waals surface area contributed by atoms with E-state index in [-0.39, 0.29) is 11.3 Å². The maximum absolute atomic E-state index is 11.7. The van der Waals surface area contributed by atoms with Crippen LogP contribution in [-0.4, -0.2) is 83.6 Å². The predicted octanol–water partition coefficient (Wildman–Crippen LogP) is 5.97. The van der Waals surface area contributed by atoms with Crippen LogP contribution in [0.4, 0.5) is 17.2 Å². The number of hydrogen-bond donors (Lipinski definition) is 2. The molecule has 1 unspecified atom stereocenters. The van der Waals surface area contributed by atoms with Gasteiger partial charge < -0.3 is 20.2 Å². The lowest BCUT2D eigenvalue weighted by Crippen LogP contribution is -2.49. The number of anilines is 3. The Balaban J connectivity index is 1.50. The van der Waals surface area contributed by atoms with Gasteiger partial charge >= 0.3 is 0 Å². The molecule has 2 fully saturated rings. The summed E-state index contributed by atoms with van der Waals surface area (Å²) < 4.78 is 0. The zero-order valence-corrected chi connectivity index (χ0v) is 26.7. The number of nitrogens with one attached hydrogen (secondary N) is 1. The molecule has 0 bridgehead atoms. The van der Waals surface area contributed by atoms with Crippen molar-refractivity contribution in [3.63, 3.8) is 0 Å². The summed E-state index contributed by atoms with van der Waals surface area (Å²) in [4.78, 5) is 29.6. The van der Waals surface area contributed by atoms with Crippen molar-refractivity contribution in [2.75, 3.05) is 55.9 Å². The van der Waals surface area contributed by atoms with E-state index in [1.807, 2.05) is 45.1 Å². The molecule has 2 N–H and O–H groups in total. The number of carbonyl (C=O) groups excluding carboxylic acids is 1. The Morgan fingerprint density at radius 1 is 1.12 bits per heavy atom. The fourth-order valence-corrected chi connectivity index (χ4v) is 6.91. The first-order valence-corrected chi connectivity index (χ1v) is 15.2. The number of nitrogens with zero attached hydrogens (tertiary/aromatic N) is 6. The molecule has 0 aliphatic carbocycles. The van der Waals surface area contributed by atoms with E-state index >= 15 is 0 Å². The molecule has 2 aliphatic rings. The van der Waals surface area contributed by atoms with E-state index in [0.717, 1.165) is 54.4 Å². The van der Waals surface area contributed by atoms with Crippen molar-refractivity contribution in [1.82, 2.24) is 19.8 Å². The molecule has 0 radical (unpaired) electrons. The van der Waals surface area contributed by atoms with Crippen LogP contribution < -0.4 is 15.1 Å². The van der Waals surface area contributed by atoms with Gasteiger partial charge in [-0.1, -0.05) is 17.7 Å². The summed E-state index contributed by atoms with van der Waals surface area (Å²) in [6.45, 7) is 9.55. The molecule has 9 nitrogen and oxygen atoms in total. The molecule has 0 saturated carbocycles. The Morgan fingerprint density at radius 2 is 1.91 bits per heavy atom. The normalized spacial score (nSPS) is 18.7. The molecule has 2 aliphatic heterocycles. The Hall–Kier alpha value is -3.82. The number of rotatable bonds is 9. The maximum atomic E-state index is 11.7. The number of benzene rings is 1. The van der Waals surface area contributed by atoms with Gasteiger partial charge in [0.1, 0.15) is 17.3 Å². The van der Waals surface area contributed by atoms with Crippen LogP contribution >= 0.6 is 11.6 Å². The quantitative estimate of drug-likeness (QED) is 0.289. The highest BCUT2D eigenvalue weighted by atomic mass is 35.5. The topological polar surface area (TPSA) is 88.1 Å². The number of pyridine rings is 2. The average molecular weight is 604 g/mol. The van der Waals surface area contributed by atoms with E-state index in [0.29, 0.717) is 34.4 Å². The molecule has 5 rings (SSSR count). The van der Waals surface area contributed by atoms with Crippen molar-refractivity contribution in [3.8, 4) is 28.1 Å². The van der Waals surface area contributed by atoms with Crippen LogP contribution in [0.1, 0.15) is 38.8 Å². The van der Waals surface area contributed by atoms with Gasteiger partial charge in [-0.2, -0.15) is 0 Å². The van der Waals surface area contributed by atoms with Gasteiger partial charge in [0.15, 0.2) is 0 Å². The highest BCUT2D eigenvalue weighted by Gasteiger charge is 2.47. The van der Waals surface area contributed by atoms with E-state index in [4.69, 9.17) is 21.6 Å². The van der Waals surface area contributed by atoms with Crippen LogP contribution in [0.15, 0.2) is 48.9 Å². The molecule has 228 valence electrons. The zero-order chi connectivity index (χ0) is 30.9. The molecule has 3 aromatic rings. The number of aryl methyl sites for hydroxylation is 1. The molecule has 1 atom stereocenters. The molecule has 43 heavy (non-hydrogen) atoms. The van der Waals surface area contributed by atoms with Crippen molar-refractivity contribution < 1.29 is 9.90 Å². The van der Waals surface area contributed by atoms with E-state index < -0.39 is 0 Å².